The van der Waals surface area contributed by atoms with Gasteiger partial charge in [-0.05, 0) is 18.9 Å². The maximum absolute atomic E-state index is 11.7. The summed E-state index contributed by atoms with van der Waals surface area (Å²) >= 11 is 0. The Morgan fingerprint density at radius 1 is 1.45 bits per heavy atom. The second kappa shape index (κ2) is 8.27. The van der Waals surface area contributed by atoms with Crippen LogP contribution < -0.4 is 5.32 Å². The quantitative estimate of drug-likeness (QED) is 0.449. The van der Waals surface area contributed by atoms with E-state index >= 15 is 0 Å². The van der Waals surface area contributed by atoms with Gasteiger partial charge in [0.05, 0.1) is 11.5 Å². The van der Waals surface area contributed by atoms with Gasteiger partial charge in [-0.2, -0.15) is 0 Å². The number of benzene rings is 1. The van der Waals surface area contributed by atoms with E-state index in [9.17, 15) is 14.9 Å². The lowest BCUT2D eigenvalue weighted by molar-refractivity contribution is -0.384. The van der Waals surface area contributed by atoms with E-state index in [0.29, 0.717) is 19.6 Å². The van der Waals surface area contributed by atoms with Crippen LogP contribution in [0.1, 0.15) is 32.3 Å². The van der Waals surface area contributed by atoms with Crippen molar-refractivity contribution in [2.24, 2.45) is 0 Å². The van der Waals surface area contributed by atoms with E-state index in [1.807, 2.05) is 6.92 Å². The average molecular weight is 280 g/mol. The number of nitrogens with zero attached hydrogens (tertiary/aromatic N) is 1. The molecule has 0 saturated heterocycles. The summed E-state index contributed by atoms with van der Waals surface area (Å²) in [4.78, 5) is 22.0. The lowest BCUT2D eigenvalue weighted by Crippen LogP contribution is -2.37. The van der Waals surface area contributed by atoms with Crippen LogP contribution in [-0.2, 0) is 16.1 Å². The molecule has 0 saturated carbocycles. The van der Waals surface area contributed by atoms with Crippen LogP contribution in [0.3, 0.4) is 0 Å². The first-order chi connectivity index (χ1) is 9.58. The number of nitro groups is 1. The van der Waals surface area contributed by atoms with Gasteiger partial charge >= 0.3 is 5.97 Å². The average Bonchev–Trinajstić information content (AvgIpc) is 2.44. The molecule has 0 aliphatic heterocycles. The fraction of sp³-hybridized carbons (Fsp3) is 0.500. The molecule has 0 aromatic heterocycles. The Kier molecular flexibility index (Phi) is 6.66. The van der Waals surface area contributed by atoms with Crippen molar-refractivity contribution in [3.8, 4) is 0 Å². The van der Waals surface area contributed by atoms with E-state index in [1.165, 1.54) is 12.1 Å². The van der Waals surface area contributed by atoms with Crippen LogP contribution in [0, 0.1) is 10.1 Å². The van der Waals surface area contributed by atoms with Gasteiger partial charge in [0, 0.05) is 18.7 Å². The molecule has 6 nitrogen and oxygen atoms in total. The van der Waals surface area contributed by atoms with E-state index < -0.39 is 4.92 Å². The van der Waals surface area contributed by atoms with Gasteiger partial charge in [0.25, 0.3) is 5.69 Å². The molecule has 0 spiro atoms. The van der Waals surface area contributed by atoms with Crippen LogP contribution in [-0.4, -0.2) is 23.5 Å². The first kappa shape index (κ1) is 16.1. The number of ether oxygens (including phenoxy) is 1. The molecule has 0 radical (unpaired) electrons. The second-order valence-corrected chi connectivity index (χ2v) is 4.40. The topological polar surface area (TPSA) is 81.5 Å². The van der Waals surface area contributed by atoms with Crippen molar-refractivity contribution in [1.82, 2.24) is 5.32 Å². The minimum atomic E-state index is -0.432. The number of non-ortho nitro benzene ring substituents is 1. The number of nitro benzene ring substituents is 1. The number of hydrogen-bond acceptors (Lipinski definition) is 5. The van der Waals surface area contributed by atoms with E-state index in [0.717, 1.165) is 12.0 Å². The standard InChI is InChI=1S/C14H20N2O4/c1-3-6-13(14(17)20-4-2)15-10-11-7-5-8-12(9-11)16(18)19/h5,7-9,13,15H,3-4,6,10H2,1-2H3. The summed E-state index contributed by atoms with van der Waals surface area (Å²) in [5, 5.41) is 13.8. The molecule has 1 unspecified atom stereocenters. The highest BCUT2D eigenvalue weighted by Crippen LogP contribution is 2.13. The van der Waals surface area contributed by atoms with Gasteiger partial charge in [0.2, 0.25) is 0 Å². The molecule has 0 bridgehead atoms. The van der Waals surface area contributed by atoms with Crippen LogP contribution in [0.25, 0.3) is 0 Å². The maximum atomic E-state index is 11.7. The SMILES string of the molecule is CCCC(NCc1cccc([N+](=O)[O-])c1)C(=O)OCC. The van der Waals surface area contributed by atoms with Crippen molar-refractivity contribution in [1.29, 1.82) is 0 Å². The van der Waals surface area contributed by atoms with Crippen molar-refractivity contribution < 1.29 is 14.5 Å². The van der Waals surface area contributed by atoms with Gasteiger partial charge in [-0.25, -0.2) is 0 Å². The molecule has 0 fully saturated rings. The third-order valence-electron chi connectivity index (χ3n) is 2.82. The molecule has 0 aliphatic rings. The Morgan fingerprint density at radius 2 is 2.20 bits per heavy atom. The van der Waals surface area contributed by atoms with Gasteiger partial charge in [0.15, 0.2) is 0 Å². The molecular formula is C14H20N2O4. The van der Waals surface area contributed by atoms with Crippen LogP contribution in [0.5, 0.6) is 0 Å². The monoisotopic (exact) mass is 280 g/mol. The summed E-state index contributed by atoms with van der Waals surface area (Å²) in [5.41, 5.74) is 0.817. The number of nitrogens with one attached hydrogen (secondary N) is 1. The number of rotatable bonds is 8. The summed E-state index contributed by atoms with van der Waals surface area (Å²) in [6, 6.07) is 5.99. The highest BCUT2D eigenvalue weighted by Gasteiger charge is 2.18. The Morgan fingerprint density at radius 3 is 2.80 bits per heavy atom. The normalized spacial score (nSPS) is 11.9. The Balaban J connectivity index is 2.64. The van der Waals surface area contributed by atoms with Crippen molar-refractivity contribution in [2.75, 3.05) is 6.61 Å². The van der Waals surface area contributed by atoms with E-state index in [2.05, 4.69) is 5.32 Å². The summed E-state index contributed by atoms with van der Waals surface area (Å²) in [6.45, 7) is 4.49. The maximum Gasteiger partial charge on any atom is 0.323 e. The third-order valence-corrected chi connectivity index (χ3v) is 2.82. The predicted molar refractivity (Wildman–Crippen MR) is 75.3 cm³/mol. The molecule has 6 heteroatoms. The van der Waals surface area contributed by atoms with Crippen molar-refractivity contribution in [3.63, 3.8) is 0 Å². The molecule has 0 heterocycles. The Labute approximate surface area is 118 Å². The minimum Gasteiger partial charge on any atom is -0.465 e. The zero-order chi connectivity index (χ0) is 15.0. The molecule has 110 valence electrons. The minimum absolute atomic E-state index is 0.0486. The van der Waals surface area contributed by atoms with Crippen molar-refractivity contribution >= 4 is 11.7 Å². The lowest BCUT2D eigenvalue weighted by atomic mass is 10.1. The molecule has 1 N–H and O–H groups in total. The fourth-order valence-electron chi connectivity index (χ4n) is 1.86. The molecular weight excluding hydrogens is 260 g/mol. The van der Waals surface area contributed by atoms with E-state index in [-0.39, 0.29) is 17.7 Å². The molecule has 20 heavy (non-hydrogen) atoms. The van der Waals surface area contributed by atoms with Gasteiger partial charge in [0.1, 0.15) is 6.04 Å². The molecule has 1 atom stereocenters. The highest BCUT2D eigenvalue weighted by atomic mass is 16.6. The second-order valence-electron chi connectivity index (χ2n) is 4.40. The number of esters is 1. The van der Waals surface area contributed by atoms with Crippen LogP contribution in [0.4, 0.5) is 5.69 Å². The number of carbonyl (C=O) groups excluding carboxylic acids is 1. The zero-order valence-electron chi connectivity index (χ0n) is 11.8. The molecule has 0 amide bonds. The van der Waals surface area contributed by atoms with Crippen molar-refractivity contribution in [2.45, 2.75) is 39.3 Å². The fourth-order valence-corrected chi connectivity index (χ4v) is 1.86. The Bertz CT molecular complexity index is 462. The Hall–Kier alpha value is -1.95. The third kappa shape index (κ3) is 4.97. The summed E-state index contributed by atoms with van der Waals surface area (Å²) in [6.07, 6.45) is 1.53. The molecule has 0 aliphatic carbocycles. The summed E-state index contributed by atoms with van der Waals surface area (Å²) in [5.74, 6) is -0.278. The van der Waals surface area contributed by atoms with E-state index in [1.54, 1.807) is 19.1 Å². The molecule has 1 rings (SSSR count). The lowest BCUT2D eigenvalue weighted by Gasteiger charge is -2.16. The van der Waals surface area contributed by atoms with Gasteiger partial charge < -0.3 is 10.1 Å². The van der Waals surface area contributed by atoms with Crippen LogP contribution in [0.15, 0.2) is 24.3 Å². The smallest absolute Gasteiger partial charge is 0.323 e. The predicted octanol–water partition coefficient (Wildman–Crippen LogP) is 2.42. The first-order valence-electron chi connectivity index (χ1n) is 6.71. The van der Waals surface area contributed by atoms with Crippen molar-refractivity contribution in [3.05, 3.63) is 39.9 Å². The largest absolute Gasteiger partial charge is 0.465 e. The number of carbonyl (C=O) groups is 1. The first-order valence-corrected chi connectivity index (χ1v) is 6.71. The summed E-state index contributed by atoms with van der Waals surface area (Å²) < 4.78 is 5.00. The summed E-state index contributed by atoms with van der Waals surface area (Å²) in [7, 11) is 0. The van der Waals surface area contributed by atoms with Gasteiger partial charge in [-0.15, -0.1) is 0 Å². The van der Waals surface area contributed by atoms with E-state index in [4.69, 9.17) is 4.74 Å². The molecule has 1 aromatic carbocycles. The highest BCUT2D eigenvalue weighted by molar-refractivity contribution is 5.75. The molecule has 1 aromatic rings. The van der Waals surface area contributed by atoms with Gasteiger partial charge in [-0.1, -0.05) is 25.5 Å². The zero-order valence-corrected chi connectivity index (χ0v) is 11.8. The number of hydrogen-bond donors (Lipinski definition) is 1. The van der Waals surface area contributed by atoms with Crippen LogP contribution >= 0.6 is 0 Å². The van der Waals surface area contributed by atoms with Crippen LogP contribution in [0.2, 0.25) is 0 Å². The van der Waals surface area contributed by atoms with Gasteiger partial charge in [-0.3, -0.25) is 14.9 Å².